The highest BCUT2D eigenvalue weighted by Crippen LogP contribution is 2.15. The fourth-order valence-electron chi connectivity index (χ4n) is 1.98. The number of carbonyl (C=O) groups excluding carboxylic acids is 1. The first-order valence-electron chi connectivity index (χ1n) is 7.03. The Morgan fingerprint density at radius 3 is 2.42 bits per heavy atom. The van der Waals surface area contributed by atoms with Crippen LogP contribution in [0, 0.1) is 0 Å². The summed E-state index contributed by atoms with van der Waals surface area (Å²) in [6.45, 7) is 6.61. The molecule has 0 fully saturated rings. The molecule has 1 unspecified atom stereocenters. The molecule has 0 saturated heterocycles. The zero-order valence-electron chi connectivity index (χ0n) is 12.2. The summed E-state index contributed by atoms with van der Waals surface area (Å²) in [5.74, 6) is 0.389. The predicted molar refractivity (Wildman–Crippen MR) is 78.1 cm³/mol. The van der Waals surface area contributed by atoms with Crippen molar-refractivity contribution in [3.8, 4) is 0 Å². The highest BCUT2D eigenvalue weighted by atomic mass is 16.5. The second kappa shape index (κ2) is 7.95. The zero-order valence-corrected chi connectivity index (χ0v) is 12.2. The van der Waals surface area contributed by atoms with Crippen LogP contribution < -0.4 is 5.73 Å². The molecule has 0 aromatic heterocycles. The van der Waals surface area contributed by atoms with Gasteiger partial charge in [-0.25, -0.2) is 0 Å². The first-order chi connectivity index (χ1) is 9.02. The summed E-state index contributed by atoms with van der Waals surface area (Å²) in [5, 5.41) is 0. The monoisotopic (exact) mass is 263 g/mol. The summed E-state index contributed by atoms with van der Waals surface area (Å²) in [4.78, 5) is 11.2. The average molecular weight is 263 g/mol. The lowest BCUT2D eigenvalue weighted by Gasteiger charge is -2.12. The fourth-order valence-corrected chi connectivity index (χ4v) is 1.98. The molecule has 1 aromatic rings. The van der Waals surface area contributed by atoms with Crippen LogP contribution in [0.2, 0.25) is 0 Å². The second-order valence-electron chi connectivity index (χ2n) is 5.20. The predicted octanol–water partition coefficient (Wildman–Crippen LogP) is 3.02. The normalized spacial score (nSPS) is 12.5. The maximum Gasteiger partial charge on any atom is 0.305 e. The summed E-state index contributed by atoms with van der Waals surface area (Å²) in [5.41, 5.74) is 8.60. The van der Waals surface area contributed by atoms with Crippen LogP contribution in [0.4, 0.5) is 0 Å². The van der Waals surface area contributed by atoms with Crippen molar-refractivity contribution >= 4 is 5.97 Å². The van der Waals surface area contributed by atoms with Crippen molar-refractivity contribution in [2.75, 3.05) is 6.61 Å². The van der Waals surface area contributed by atoms with Gasteiger partial charge in [0.05, 0.1) is 6.61 Å². The molecule has 19 heavy (non-hydrogen) atoms. The highest BCUT2D eigenvalue weighted by Gasteiger charge is 2.09. The first-order valence-corrected chi connectivity index (χ1v) is 7.03. The third-order valence-electron chi connectivity index (χ3n) is 3.17. The van der Waals surface area contributed by atoms with E-state index in [1.54, 1.807) is 0 Å². The Kier molecular flexibility index (Phi) is 6.57. The molecular formula is C16H25NO2. The molecule has 1 aromatic carbocycles. The maximum absolute atomic E-state index is 11.2. The minimum atomic E-state index is -0.159. The molecule has 0 spiro atoms. The van der Waals surface area contributed by atoms with Crippen LogP contribution in [-0.4, -0.2) is 18.6 Å². The second-order valence-corrected chi connectivity index (χ2v) is 5.20. The van der Waals surface area contributed by atoms with Crippen LogP contribution in [0.25, 0.3) is 0 Å². The van der Waals surface area contributed by atoms with Crippen molar-refractivity contribution in [3.05, 3.63) is 35.4 Å². The van der Waals surface area contributed by atoms with Crippen molar-refractivity contribution in [1.82, 2.24) is 0 Å². The van der Waals surface area contributed by atoms with Gasteiger partial charge in [0.25, 0.3) is 0 Å². The van der Waals surface area contributed by atoms with E-state index in [4.69, 9.17) is 10.5 Å². The van der Waals surface area contributed by atoms with Crippen LogP contribution >= 0.6 is 0 Å². The zero-order chi connectivity index (χ0) is 14.3. The third-order valence-corrected chi connectivity index (χ3v) is 3.17. The minimum Gasteiger partial charge on any atom is -0.466 e. The number of esters is 1. The van der Waals surface area contributed by atoms with E-state index in [9.17, 15) is 4.79 Å². The van der Waals surface area contributed by atoms with E-state index in [1.807, 2.05) is 6.92 Å². The summed E-state index contributed by atoms with van der Waals surface area (Å²) < 4.78 is 4.89. The molecule has 0 aliphatic carbocycles. The van der Waals surface area contributed by atoms with Crippen molar-refractivity contribution in [3.63, 3.8) is 0 Å². The third kappa shape index (κ3) is 5.88. The van der Waals surface area contributed by atoms with Crippen LogP contribution in [-0.2, 0) is 16.0 Å². The molecule has 0 heterocycles. The van der Waals surface area contributed by atoms with Crippen LogP contribution in [0.1, 0.15) is 50.7 Å². The summed E-state index contributed by atoms with van der Waals surface area (Å²) >= 11 is 0. The van der Waals surface area contributed by atoms with Gasteiger partial charge in [-0.1, -0.05) is 38.1 Å². The number of benzene rings is 1. The first kappa shape index (κ1) is 15.7. The van der Waals surface area contributed by atoms with Gasteiger partial charge in [-0.2, -0.15) is 0 Å². The molecule has 0 amide bonds. The molecular weight excluding hydrogens is 238 g/mol. The summed E-state index contributed by atoms with van der Waals surface area (Å²) in [6, 6.07) is 8.56. The number of nitrogens with two attached hydrogens (primary N) is 1. The van der Waals surface area contributed by atoms with Crippen molar-refractivity contribution in [2.24, 2.45) is 5.73 Å². The summed E-state index contributed by atoms with van der Waals surface area (Å²) in [6.07, 6.45) is 1.88. The van der Waals surface area contributed by atoms with E-state index in [2.05, 4.69) is 38.1 Å². The van der Waals surface area contributed by atoms with E-state index in [0.717, 1.165) is 6.42 Å². The molecule has 106 valence electrons. The Morgan fingerprint density at radius 2 is 1.89 bits per heavy atom. The SMILES string of the molecule is CCOC(=O)CCC(N)Cc1ccc(C(C)C)cc1. The number of rotatable bonds is 7. The van der Waals surface area contributed by atoms with Gasteiger partial charge in [-0.05, 0) is 36.8 Å². The van der Waals surface area contributed by atoms with Crippen molar-refractivity contribution in [2.45, 2.75) is 52.0 Å². The molecule has 1 atom stereocenters. The standard InChI is InChI=1S/C16H25NO2/c1-4-19-16(18)10-9-15(17)11-13-5-7-14(8-6-13)12(2)3/h5-8,12,15H,4,9-11,17H2,1-3H3. The molecule has 0 aliphatic heterocycles. The number of hydrogen-bond donors (Lipinski definition) is 1. The fraction of sp³-hybridized carbons (Fsp3) is 0.562. The topological polar surface area (TPSA) is 52.3 Å². The number of carbonyl (C=O) groups is 1. The number of hydrogen-bond acceptors (Lipinski definition) is 3. The van der Waals surface area contributed by atoms with Gasteiger partial charge < -0.3 is 10.5 Å². The maximum atomic E-state index is 11.2. The Morgan fingerprint density at radius 1 is 1.26 bits per heavy atom. The average Bonchev–Trinajstić information content (AvgIpc) is 2.37. The molecule has 0 aliphatic rings. The Labute approximate surface area is 116 Å². The van der Waals surface area contributed by atoms with Gasteiger partial charge in [0.1, 0.15) is 0 Å². The molecule has 0 radical (unpaired) electrons. The van der Waals surface area contributed by atoms with Crippen LogP contribution in [0.15, 0.2) is 24.3 Å². The minimum absolute atomic E-state index is 0.00862. The lowest BCUT2D eigenvalue weighted by molar-refractivity contribution is -0.143. The molecule has 3 heteroatoms. The molecule has 2 N–H and O–H groups in total. The van der Waals surface area contributed by atoms with Gasteiger partial charge in [0, 0.05) is 12.5 Å². The Balaban J connectivity index is 2.39. The largest absolute Gasteiger partial charge is 0.466 e. The molecule has 1 rings (SSSR count). The highest BCUT2D eigenvalue weighted by molar-refractivity contribution is 5.69. The van der Waals surface area contributed by atoms with Gasteiger partial charge in [-0.15, -0.1) is 0 Å². The lowest BCUT2D eigenvalue weighted by Crippen LogP contribution is -2.24. The van der Waals surface area contributed by atoms with E-state index in [0.29, 0.717) is 25.4 Å². The van der Waals surface area contributed by atoms with Gasteiger partial charge in [0.15, 0.2) is 0 Å². The Bertz CT molecular complexity index is 384. The van der Waals surface area contributed by atoms with E-state index < -0.39 is 0 Å². The van der Waals surface area contributed by atoms with E-state index in [1.165, 1.54) is 11.1 Å². The van der Waals surface area contributed by atoms with Gasteiger partial charge >= 0.3 is 5.97 Å². The van der Waals surface area contributed by atoms with E-state index >= 15 is 0 Å². The van der Waals surface area contributed by atoms with Crippen molar-refractivity contribution in [1.29, 1.82) is 0 Å². The smallest absolute Gasteiger partial charge is 0.305 e. The van der Waals surface area contributed by atoms with Crippen molar-refractivity contribution < 1.29 is 9.53 Å². The quantitative estimate of drug-likeness (QED) is 0.769. The van der Waals surface area contributed by atoms with Gasteiger partial charge in [0.2, 0.25) is 0 Å². The Hall–Kier alpha value is -1.35. The van der Waals surface area contributed by atoms with E-state index in [-0.39, 0.29) is 12.0 Å². The van der Waals surface area contributed by atoms with Gasteiger partial charge in [-0.3, -0.25) is 4.79 Å². The number of ether oxygens (including phenoxy) is 1. The molecule has 0 bridgehead atoms. The lowest BCUT2D eigenvalue weighted by atomic mass is 9.98. The van der Waals surface area contributed by atoms with Crippen LogP contribution in [0.5, 0.6) is 0 Å². The molecule has 3 nitrogen and oxygen atoms in total. The summed E-state index contributed by atoms with van der Waals surface area (Å²) in [7, 11) is 0. The van der Waals surface area contributed by atoms with Crippen LogP contribution in [0.3, 0.4) is 0 Å². The molecule has 0 saturated carbocycles.